The molecule has 0 spiro atoms. The highest BCUT2D eigenvalue weighted by Crippen LogP contribution is 2.16. The zero-order chi connectivity index (χ0) is 18.4. The van der Waals surface area contributed by atoms with Crippen LogP contribution in [0.2, 0.25) is 0 Å². The number of ether oxygens (including phenoxy) is 1. The second-order valence-electron chi connectivity index (χ2n) is 6.16. The second kappa shape index (κ2) is 8.44. The first-order valence-electron chi connectivity index (χ1n) is 8.61. The fourth-order valence-corrected chi connectivity index (χ4v) is 2.71. The van der Waals surface area contributed by atoms with Crippen LogP contribution in [0.5, 0.6) is 0 Å². The van der Waals surface area contributed by atoms with Gasteiger partial charge in [-0.2, -0.15) is 0 Å². The predicted molar refractivity (Wildman–Crippen MR) is 100 cm³/mol. The van der Waals surface area contributed by atoms with Crippen molar-refractivity contribution < 1.29 is 14.3 Å². The molecular weight excluding hydrogens is 332 g/mol. The van der Waals surface area contributed by atoms with Gasteiger partial charge >= 0.3 is 0 Å². The SMILES string of the molecule is CC(=O)Nc1ccc(NC(=O)c2ccc(NCC3CCCO3)cn2)cc1. The fourth-order valence-electron chi connectivity index (χ4n) is 2.71. The number of benzene rings is 1. The Kier molecular flexibility index (Phi) is 5.80. The highest BCUT2D eigenvalue weighted by atomic mass is 16.5. The maximum Gasteiger partial charge on any atom is 0.274 e. The third kappa shape index (κ3) is 5.03. The van der Waals surface area contributed by atoms with Gasteiger partial charge < -0.3 is 20.7 Å². The van der Waals surface area contributed by atoms with E-state index in [0.717, 1.165) is 31.7 Å². The maximum absolute atomic E-state index is 12.3. The Labute approximate surface area is 152 Å². The third-order valence-electron chi connectivity index (χ3n) is 4.02. The highest BCUT2D eigenvalue weighted by molar-refractivity contribution is 6.03. The van der Waals surface area contributed by atoms with Gasteiger partial charge in [-0.3, -0.25) is 9.59 Å². The third-order valence-corrected chi connectivity index (χ3v) is 4.02. The zero-order valence-electron chi connectivity index (χ0n) is 14.6. The van der Waals surface area contributed by atoms with Crippen LogP contribution in [0, 0.1) is 0 Å². The van der Waals surface area contributed by atoms with Crippen molar-refractivity contribution >= 4 is 28.9 Å². The summed E-state index contributed by atoms with van der Waals surface area (Å²) in [7, 11) is 0. The highest BCUT2D eigenvalue weighted by Gasteiger charge is 2.15. The molecule has 26 heavy (non-hydrogen) atoms. The summed E-state index contributed by atoms with van der Waals surface area (Å²) in [6, 6.07) is 10.4. The summed E-state index contributed by atoms with van der Waals surface area (Å²) < 4.78 is 5.56. The number of nitrogens with one attached hydrogen (secondary N) is 3. The minimum absolute atomic E-state index is 0.140. The topological polar surface area (TPSA) is 92.4 Å². The van der Waals surface area contributed by atoms with Crippen LogP contribution in [0.4, 0.5) is 17.1 Å². The molecule has 2 heterocycles. The molecule has 0 radical (unpaired) electrons. The normalized spacial score (nSPS) is 16.1. The lowest BCUT2D eigenvalue weighted by Crippen LogP contribution is -2.19. The van der Waals surface area contributed by atoms with Crippen LogP contribution in [-0.4, -0.2) is 36.1 Å². The number of amides is 2. The summed E-state index contributed by atoms with van der Waals surface area (Å²) in [5.41, 5.74) is 2.50. The molecule has 1 aliphatic rings. The average Bonchev–Trinajstić information content (AvgIpc) is 3.15. The van der Waals surface area contributed by atoms with Gasteiger partial charge in [0, 0.05) is 31.5 Å². The van der Waals surface area contributed by atoms with Gasteiger partial charge in [0.05, 0.1) is 18.0 Å². The number of carbonyl (C=O) groups excluding carboxylic acids is 2. The second-order valence-corrected chi connectivity index (χ2v) is 6.16. The fraction of sp³-hybridized carbons (Fsp3) is 0.316. The van der Waals surface area contributed by atoms with Crippen molar-refractivity contribution in [3.63, 3.8) is 0 Å². The van der Waals surface area contributed by atoms with E-state index >= 15 is 0 Å². The lowest BCUT2D eigenvalue weighted by molar-refractivity contribution is -0.114. The van der Waals surface area contributed by atoms with E-state index in [-0.39, 0.29) is 17.9 Å². The molecule has 0 saturated carbocycles. The molecule has 2 aromatic rings. The molecule has 1 aromatic carbocycles. The van der Waals surface area contributed by atoms with Crippen molar-refractivity contribution in [1.82, 2.24) is 4.98 Å². The van der Waals surface area contributed by atoms with Gasteiger partial charge in [-0.25, -0.2) is 4.98 Å². The van der Waals surface area contributed by atoms with Gasteiger partial charge in [0.2, 0.25) is 5.91 Å². The minimum Gasteiger partial charge on any atom is -0.381 e. The summed E-state index contributed by atoms with van der Waals surface area (Å²) in [6.45, 7) is 3.02. The lowest BCUT2D eigenvalue weighted by Gasteiger charge is -2.12. The van der Waals surface area contributed by atoms with Crippen LogP contribution < -0.4 is 16.0 Å². The lowest BCUT2D eigenvalue weighted by atomic mass is 10.2. The van der Waals surface area contributed by atoms with Crippen LogP contribution in [0.1, 0.15) is 30.3 Å². The van der Waals surface area contributed by atoms with Gasteiger partial charge in [0.25, 0.3) is 5.91 Å². The van der Waals surface area contributed by atoms with Crippen molar-refractivity contribution in [1.29, 1.82) is 0 Å². The quantitative estimate of drug-likeness (QED) is 0.742. The Morgan fingerprint density at radius 2 is 1.77 bits per heavy atom. The first kappa shape index (κ1) is 17.9. The van der Waals surface area contributed by atoms with Crippen molar-refractivity contribution in [3.8, 4) is 0 Å². The molecule has 3 N–H and O–H groups in total. The molecule has 7 nitrogen and oxygen atoms in total. The Balaban J connectivity index is 1.53. The number of pyridine rings is 1. The summed E-state index contributed by atoms with van der Waals surface area (Å²) in [5, 5.41) is 8.73. The van der Waals surface area contributed by atoms with E-state index in [1.165, 1.54) is 6.92 Å². The van der Waals surface area contributed by atoms with Crippen molar-refractivity contribution in [2.24, 2.45) is 0 Å². The molecule has 1 fully saturated rings. The van der Waals surface area contributed by atoms with E-state index in [4.69, 9.17) is 4.74 Å². The van der Waals surface area contributed by atoms with Crippen LogP contribution >= 0.6 is 0 Å². The maximum atomic E-state index is 12.3. The molecule has 1 saturated heterocycles. The zero-order valence-corrected chi connectivity index (χ0v) is 14.6. The van der Waals surface area contributed by atoms with Crippen molar-refractivity contribution in [2.75, 3.05) is 29.1 Å². The molecule has 1 aromatic heterocycles. The van der Waals surface area contributed by atoms with E-state index < -0.39 is 0 Å². The summed E-state index contributed by atoms with van der Waals surface area (Å²) in [5.74, 6) is -0.429. The average molecular weight is 354 g/mol. The molecular formula is C19H22N4O3. The number of aromatic nitrogens is 1. The number of hydrogen-bond donors (Lipinski definition) is 3. The number of carbonyl (C=O) groups is 2. The number of nitrogens with zero attached hydrogens (tertiary/aromatic N) is 1. The van der Waals surface area contributed by atoms with Gasteiger partial charge in [0.15, 0.2) is 0 Å². The van der Waals surface area contributed by atoms with Crippen molar-refractivity contribution in [3.05, 3.63) is 48.3 Å². The molecule has 1 atom stereocenters. The Morgan fingerprint density at radius 3 is 2.35 bits per heavy atom. The molecule has 3 rings (SSSR count). The van der Waals surface area contributed by atoms with Gasteiger partial charge in [-0.05, 0) is 49.2 Å². The van der Waals surface area contributed by atoms with Gasteiger partial charge in [-0.1, -0.05) is 0 Å². The first-order valence-corrected chi connectivity index (χ1v) is 8.61. The molecule has 136 valence electrons. The minimum atomic E-state index is -0.289. The van der Waals surface area contributed by atoms with E-state index in [2.05, 4.69) is 20.9 Å². The van der Waals surface area contributed by atoms with Gasteiger partial charge in [0.1, 0.15) is 5.69 Å². The molecule has 1 aliphatic heterocycles. The number of rotatable bonds is 6. The Morgan fingerprint density at radius 1 is 1.08 bits per heavy atom. The van der Waals surface area contributed by atoms with Crippen LogP contribution in [0.3, 0.4) is 0 Å². The van der Waals surface area contributed by atoms with Crippen LogP contribution in [0.15, 0.2) is 42.6 Å². The summed E-state index contributed by atoms with van der Waals surface area (Å²) in [4.78, 5) is 27.5. The number of hydrogen-bond acceptors (Lipinski definition) is 5. The van der Waals surface area contributed by atoms with E-state index in [9.17, 15) is 9.59 Å². The summed E-state index contributed by atoms with van der Waals surface area (Å²) in [6.07, 6.45) is 4.07. The molecule has 0 aliphatic carbocycles. The largest absolute Gasteiger partial charge is 0.381 e. The smallest absolute Gasteiger partial charge is 0.274 e. The standard InChI is InChI=1S/C19H22N4O3/c1-13(24)22-14-4-6-15(7-5-14)23-19(25)18-9-8-16(11-21-18)20-12-17-3-2-10-26-17/h4-9,11,17,20H,2-3,10,12H2,1H3,(H,22,24)(H,23,25). The Hall–Kier alpha value is -2.93. The molecule has 7 heteroatoms. The monoisotopic (exact) mass is 354 g/mol. The van der Waals surface area contributed by atoms with E-state index in [1.807, 2.05) is 6.07 Å². The molecule has 2 amide bonds. The van der Waals surface area contributed by atoms with Crippen LogP contribution in [-0.2, 0) is 9.53 Å². The molecule has 1 unspecified atom stereocenters. The van der Waals surface area contributed by atoms with Crippen molar-refractivity contribution in [2.45, 2.75) is 25.9 Å². The van der Waals surface area contributed by atoms with Crippen LogP contribution in [0.25, 0.3) is 0 Å². The number of anilines is 3. The Bertz CT molecular complexity index is 753. The molecule has 0 bridgehead atoms. The van der Waals surface area contributed by atoms with E-state index in [1.54, 1.807) is 36.5 Å². The summed E-state index contributed by atoms with van der Waals surface area (Å²) >= 11 is 0. The first-order chi connectivity index (χ1) is 12.6. The predicted octanol–water partition coefficient (Wildman–Crippen LogP) is 2.88. The van der Waals surface area contributed by atoms with E-state index in [0.29, 0.717) is 17.1 Å². The van der Waals surface area contributed by atoms with Gasteiger partial charge in [-0.15, -0.1) is 0 Å².